The molecule has 0 amide bonds. The molecule has 0 spiro atoms. The van der Waals surface area contributed by atoms with Gasteiger partial charge in [0.05, 0.1) is 17.9 Å². The summed E-state index contributed by atoms with van der Waals surface area (Å²) in [6, 6.07) is 11.1. The Bertz CT molecular complexity index is 837. The topological polar surface area (TPSA) is 66.9 Å². The number of aromatic nitrogens is 1. The van der Waals surface area contributed by atoms with Gasteiger partial charge in [-0.2, -0.15) is 5.10 Å². The molecule has 0 fully saturated rings. The second kappa shape index (κ2) is 7.10. The summed E-state index contributed by atoms with van der Waals surface area (Å²) < 4.78 is 0. The zero-order chi connectivity index (χ0) is 16.9. The van der Waals surface area contributed by atoms with Crippen molar-refractivity contribution in [2.75, 3.05) is 12.3 Å². The zero-order valence-electron chi connectivity index (χ0n) is 12.9. The number of anilines is 1. The lowest BCUT2D eigenvalue weighted by Gasteiger charge is -2.25. The fourth-order valence-corrected chi connectivity index (χ4v) is 2.58. The molecule has 0 bridgehead atoms. The number of nitrogens with two attached hydrogens (primary N) is 1. The minimum Gasteiger partial charge on any atom is -0.384 e. The summed E-state index contributed by atoms with van der Waals surface area (Å²) in [4.78, 5) is 8.31. The Hall–Kier alpha value is -2.92. The Morgan fingerprint density at radius 1 is 1.21 bits per heavy atom. The highest BCUT2D eigenvalue weighted by Crippen LogP contribution is 2.32. The van der Waals surface area contributed by atoms with Gasteiger partial charge in [0.2, 0.25) is 0 Å². The van der Waals surface area contributed by atoms with Crippen molar-refractivity contribution in [3.8, 4) is 0 Å². The summed E-state index contributed by atoms with van der Waals surface area (Å²) in [5.41, 5.74) is 9.12. The first-order valence-corrected chi connectivity index (χ1v) is 7.72. The van der Waals surface area contributed by atoms with E-state index >= 15 is 0 Å². The fraction of sp³-hybridized carbons (Fsp3) is 0.0556. The van der Waals surface area contributed by atoms with E-state index in [1.165, 1.54) is 0 Å². The number of nitrogen functional groups attached to an aromatic ring is 1. The molecular weight excluding hydrogens is 322 g/mol. The number of rotatable bonds is 4. The highest BCUT2D eigenvalue weighted by atomic mass is 35.5. The van der Waals surface area contributed by atoms with Crippen LogP contribution in [0.4, 0.5) is 5.82 Å². The number of hydrogen-bond acceptors (Lipinski definition) is 5. The van der Waals surface area contributed by atoms with Crippen molar-refractivity contribution >= 4 is 41.7 Å². The van der Waals surface area contributed by atoms with E-state index in [2.05, 4.69) is 21.8 Å². The summed E-state index contributed by atoms with van der Waals surface area (Å²) in [6.07, 6.45) is 7.31. The number of allylic oxidation sites excluding steroid dienone is 1. The minimum atomic E-state index is 0.432. The van der Waals surface area contributed by atoms with Gasteiger partial charge in [-0.05, 0) is 37.1 Å². The van der Waals surface area contributed by atoms with Crippen LogP contribution in [0.3, 0.4) is 0 Å². The first-order chi connectivity index (χ1) is 11.7. The second-order valence-electron chi connectivity index (χ2n) is 5.11. The van der Waals surface area contributed by atoms with E-state index in [0.29, 0.717) is 23.1 Å². The number of hydrazone groups is 1. The maximum Gasteiger partial charge on any atom is 0.123 e. The quantitative estimate of drug-likeness (QED) is 0.865. The van der Waals surface area contributed by atoms with Crippen LogP contribution in [0.15, 0.2) is 64.8 Å². The van der Waals surface area contributed by atoms with Crippen molar-refractivity contribution in [1.82, 2.24) is 9.99 Å². The molecule has 0 radical (unpaired) electrons. The van der Waals surface area contributed by atoms with Crippen molar-refractivity contribution in [2.24, 2.45) is 10.1 Å². The largest absolute Gasteiger partial charge is 0.384 e. The maximum atomic E-state index is 6.00. The highest BCUT2D eigenvalue weighted by molar-refractivity contribution is 6.30. The molecule has 0 aliphatic carbocycles. The highest BCUT2D eigenvalue weighted by Gasteiger charge is 2.18. The lowest BCUT2D eigenvalue weighted by Crippen LogP contribution is -2.19. The van der Waals surface area contributed by atoms with Gasteiger partial charge in [-0.3, -0.25) is 10.0 Å². The van der Waals surface area contributed by atoms with Crippen LogP contribution >= 0.6 is 11.6 Å². The third-order valence-corrected chi connectivity index (χ3v) is 3.77. The fourth-order valence-electron chi connectivity index (χ4n) is 2.45. The Morgan fingerprint density at radius 3 is 2.62 bits per heavy atom. The van der Waals surface area contributed by atoms with E-state index in [1.54, 1.807) is 18.5 Å². The van der Waals surface area contributed by atoms with E-state index in [0.717, 1.165) is 16.8 Å². The van der Waals surface area contributed by atoms with E-state index in [1.807, 2.05) is 47.5 Å². The molecule has 24 heavy (non-hydrogen) atoms. The molecule has 1 aromatic carbocycles. The third-order valence-electron chi connectivity index (χ3n) is 3.52. The molecule has 1 aliphatic heterocycles. The number of halogens is 1. The Morgan fingerprint density at radius 2 is 2.00 bits per heavy atom. The average molecular weight is 338 g/mol. The van der Waals surface area contributed by atoms with Crippen molar-refractivity contribution in [1.29, 1.82) is 0 Å². The van der Waals surface area contributed by atoms with Gasteiger partial charge >= 0.3 is 0 Å². The van der Waals surface area contributed by atoms with E-state index in [-0.39, 0.29) is 0 Å². The van der Waals surface area contributed by atoms with Gasteiger partial charge in [-0.15, -0.1) is 0 Å². The van der Waals surface area contributed by atoms with Crippen LogP contribution in [-0.4, -0.2) is 29.5 Å². The first kappa shape index (κ1) is 16.0. The number of benzene rings is 1. The Kier molecular flexibility index (Phi) is 4.72. The predicted molar refractivity (Wildman–Crippen MR) is 101 cm³/mol. The van der Waals surface area contributed by atoms with Gasteiger partial charge in [-0.25, -0.2) is 4.98 Å². The lowest BCUT2D eigenvalue weighted by atomic mass is 10.1. The number of nitrogens with zero attached hydrogens (tertiary/aromatic N) is 4. The van der Waals surface area contributed by atoms with Gasteiger partial charge in [0.1, 0.15) is 5.82 Å². The monoisotopic (exact) mass is 337 g/mol. The Labute approximate surface area is 145 Å². The zero-order valence-corrected chi connectivity index (χ0v) is 13.7. The molecule has 2 aromatic rings. The van der Waals surface area contributed by atoms with Gasteiger partial charge in [0.15, 0.2) is 0 Å². The van der Waals surface area contributed by atoms with Crippen LogP contribution < -0.4 is 5.73 Å². The number of aliphatic imine (C=N–C) groups is 1. The molecule has 1 aliphatic rings. The molecule has 5 nitrogen and oxygen atoms in total. The summed E-state index contributed by atoms with van der Waals surface area (Å²) in [5, 5.41) is 6.95. The van der Waals surface area contributed by atoms with Crippen molar-refractivity contribution in [3.05, 3.63) is 70.9 Å². The molecule has 2 heterocycles. The van der Waals surface area contributed by atoms with Crippen LogP contribution in [-0.2, 0) is 0 Å². The maximum absolute atomic E-state index is 6.00. The lowest BCUT2D eigenvalue weighted by molar-refractivity contribution is 0.468. The third kappa shape index (κ3) is 3.36. The molecule has 1 aromatic heterocycles. The number of pyridine rings is 1. The van der Waals surface area contributed by atoms with Crippen LogP contribution in [0, 0.1) is 0 Å². The molecular formula is C18H16ClN5. The van der Waals surface area contributed by atoms with Gasteiger partial charge < -0.3 is 5.73 Å². The summed E-state index contributed by atoms with van der Waals surface area (Å²) >= 11 is 6.00. The SMILES string of the molecule is C=N/C(=C(/c1ccnc(N)c1)N1CC=CC=N1)c1ccc(Cl)cc1. The van der Waals surface area contributed by atoms with E-state index in [4.69, 9.17) is 17.3 Å². The van der Waals surface area contributed by atoms with Crippen LogP contribution in [0.1, 0.15) is 11.1 Å². The minimum absolute atomic E-state index is 0.432. The molecule has 0 saturated heterocycles. The van der Waals surface area contributed by atoms with E-state index in [9.17, 15) is 0 Å². The van der Waals surface area contributed by atoms with Gasteiger partial charge in [-0.1, -0.05) is 29.8 Å². The van der Waals surface area contributed by atoms with Gasteiger partial charge in [0, 0.05) is 28.6 Å². The summed E-state index contributed by atoms with van der Waals surface area (Å²) in [5.74, 6) is 0.432. The predicted octanol–water partition coefficient (Wildman–Crippen LogP) is 3.70. The first-order valence-electron chi connectivity index (χ1n) is 7.34. The molecule has 3 rings (SSSR count). The smallest absolute Gasteiger partial charge is 0.123 e. The van der Waals surface area contributed by atoms with Gasteiger partial charge in [0.25, 0.3) is 0 Å². The van der Waals surface area contributed by atoms with Crippen LogP contribution in [0.5, 0.6) is 0 Å². The Balaban J connectivity index is 2.21. The average Bonchev–Trinajstić information content (AvgIpc) is 2.61. The number of hydrogen-bond donors (Lipinski definition) is 1. The molecule has 2 N–H and O–H groups in total. The molecule has 0 atom stereocenters. The molecule has 0 unspecified atom stereocenters. The summed E-state index contributed by atoms with van der Waals surface area (Å²) in [7, 11) is 0. The molecule has 120 valence electrons. The van der Waals surface area contributed by atoms with Crippen LogP contribution in [0.2, 0.25) is 5.02 Å². The second-order valence-corrected chi connectivity index (χ2v) is 5.54. The van der Waals surface area contributed by atoms with Crippen molar-refractivity contribution < 1.29 is 0 Å². The van der Waals surface area contributed by atoms with Crippen molar-refractivity contribution in [3.63, 3.8) is 0 Å². The van der Waals surface area contributed by atoms with Crippen LogP contribution in [0.25, 0.3) is 11.4 Å². The molecule has 6 heteroatoms. The summed E-state index contributed by atoms with van der Waals surface area (Å²) in [6.45, 7) is 4.36. The normalized spacial score (nSPS) is 14.5. The van der Waals surface area contributed by atoms with E-state index < -0.39 is 0 Å². The molecule has 0 saturated carbocycles. The van der Waals surface area contributed by atoms with Crippen molar-refractivity contribution in [2.45, 2.75) is 0 Å². The standard InChI is InChI=1S/C18H16ClN5/c1-21-17(13-4-6-15(19)7-5-13)18(24-11-3-2-9-23-24)14-8-10-22-16(20)12-14/h2-10,12H,1,11H2,(H2,20,22)/b18-17-.